The summed E-state index contributed by atoms with van der Waals surface area (Å²) in [7, 11) is 0. The fourth-order valence-corrected chi connectivity index (χ4v) is 3.82. The molecule has 3 aromatic rings. The third-order valence-electron chi connectivity index (χ3n) is 3.14. The second-order valence-electron chi connectivity index (χ2n) is 4.58. The zero-order chi connectivity index (χ0) is 15.9. The van der Waals surface area contributed by atoms with Crippen molar-refractivity contribution in [3.63, 3.8) is 0 Å². The second kappa shape index (κ2) is 6.21. The number of hydrogen-bond acceptors (Lipinski definition) is 4. The molecule has 0 fully saturated rings. The van der Waals surface area contributed by atoms with E-state index in [0.717, 1.165) is 20.9 Å². The lowest BCUT2D eigenvalue weighted by Crippen LogP contribution is -2.04. The summed E-state index contributed by atoms with van der Waals surface area (Å²) in [6, 6.07) is 6.01. The Morgan fingerprint density at radius 2 is 1.95 bits per heavy atom. The molecule has 3 rings (SSSR count). The quantitative estimate of drug-likeness (QED) is 0.340. The summed E-state index contributed by atoms with van der Waals surface area (Å²) >= 11 is 10.3. The van der Waals surface area contributed by atoms with Gasteiger partial charge < -0.3 is 5.73 Å². The molecule has 2 N–H and O–H groups in total. The largest absolute Gasteiger partial charge is 0.382 e. The molecule has 0 bridgehead atoms. The highest BCUT2D eigenvalue weighted by atomic mass is 79.9. The molecule has 2 aromatic heterocycles. The Balaban J connectivity index is 2.09. The highest BCUT2D eigenvalue weighted by Crippen LogP contribution is 2.25. The molecule has 114 valence electrons. The van der Waals surface area contributed by atoms with Crippen LogP contribution in [0.5, 0.6) is 0 Å². The van der Waals surface area contributed by atoms with Gasteiger partial charge in [0.25, 0.3) is 0 Å². The van der Waals surface area contributed by atoms with Crippen LogP contribution in [0.4, 0.5) is 10.2 Å². The summed E-state index contributed by atoms with van der Waals surface area (Å²) in [6.07, 6.45) is -0.865. The SMILES string of the molecule is Nc1nc(F)nc2c1nc(Br)n2Cc1ccc(Br)c(CBr)c1. The minimum absolute atomic E-state index is 0.0268. The first-order valence-electron chi connectivity index (χ1n) is 6.17. The summed E-state index contributed by atoms with van der Waals surface area (Å²) in [5.74, 6) is 0.0268. The van der Waals surface area contributed by atoms with Gasteiger partial charge in [-0.1, -0.05) is 44.0 Å². The van der Waals surface area contributed by atoms with Crippen molar-refractivity contribution in [3.05, 3.63) is 44.6 Å². The van der Waals surface area contributed by atoms with Crippen molar-refractivity contribution in [1.82, 2.24) is 19.5 Å². The standard InChI is InChI=1S/C13H9Br3FN5/c14-4-7-3-6(1-2-8(7)15)5-22-11-9(19-12(22)16)10(18)20-13(17)21-11/h1-3H,4-5H2,(H2,18,20,21). The zero-order valence-electron chi connectivity index (χ0n) is 11.0. The van der Waals surface area contributed by atoms with Crippen LogP contribution in [0.15, 0.2) is 27.4 Å². The summed E-state index contributed by atoms with van der Waals surface area (Å²) in [6.45, 7) is 0.486. The molecule has 0 unspecified atom stereocenters. The minimum Gasteiger partial charge on any atom is -0.382 e. The number of nitrogens with two attached hydrogens (primary N) is 1. The molecule has 5 nitrogen and oxygen atoms in total. The lowest BCUT2D eigenvalue weighted by molar-refractivity contribution is 0.543. The van der Waals surface area contributed by atoms with Crippen LogP contribution in [-0.2, 0) is 11.9 Å². The first kappa shape index (κ1) is 15.8. The monoisotopic (exact) mass is 491 g/mol. The van der Waals surface area contributed by atoms with E-state index in [-0.39, 0.29) is 5.82 Å². The van der Waals surface area contributed by atoms with Gasteiger partial charge in [0.05, 0.1) is 6.54 Å². The first-order valence-corrected chi connectivity index (χ1v) is 8.88. The summed E-state index contributed by atoms with van der Waals surface area (Å²) in [4.78, 5) is 11.6. The van der Waals surface area contributed by atoms with E-state index in [2.05, 4.69) is 68.8 Å². The number of nitrogens with zero attached hydrogens (tertiary/aromatic N) is 4. The van der Waals surface area contributed by atoms with Gasteiger partial charge in [0.15, 0.2) is 21.7 Å². The molecule has 0 amide bonds. The Labute approximate surface area is 150 Å². The molecule has 0 saturated carbocycles. The van der Waals surface area contributed by atoms with Crippen molar-refractivity contribution >= 4 is 64.8 Å². The van der Waals surface area contributed by atoms with Gasteiger partial charge in [-0.05, 0) is 33.1 Å². The van der Waals surface area contributed by atoms with E-state index in [0.29, 0.717) is 22.4 Å². The third kappa shape index (κ3) is 2.89. The van der Waals surface area contributed by atoms with Crippen molar-refractivity contribution in [2.75, 3.05) is 5.73 Å². The van der Waals surface area contributed by atoms with Crippen molar-refractivity contribution < 1.29 is 4.39 Å². The molecule has 0 aliphatic heterocycles. The number of benzene rings is 1. The van der Waals surface area contributed by atoms with Gasteiger partial charge in [-0.2, -0.15) is 14.4 Å². The Morgan fingerprint density at radius 3 is 2.68 bits per heavy atom. The lowest BCUT2D eigenvalue weighted by Gasteiger charge is -2.08. The van der Waals surface area contributed by atoms with E-state index < -0.39 is 6.08 Å². The topological polar surface area (TPSA) is 69.6 Å². The molecule has 1 aromatic carbocycles. The Morgan fingerprint density at radius 1 is 1.18 bits per heavy atom. The Bertz CT molecular complexity index is 864. The molecule has 0 aliphatic rings. The van der Waals surface area contributed by atoms with Crippen LogP contribution >= 0.6 is 47.8 Å². The number of anilines is 1. The zero-order valence-corrected chi connectivity index (χ0v) is 15.8. The Hall–Kier alpha value is -1.06. The smallest absolute Gasteiger partial charge is 0.312 e. The van der Waals surface area contributed by atoms with E-state index in [9.17, 15) is 4.39 Å². The summed E-state index contributed by atoms with van der Waals surface area (Å²) in [5, 5.41) is 0.733. The van der Waals surface area contributed by atoms with Crippen molar-refractivity contribution in [2.45, 2.75) is 11.9 Å². The predicted octanol–water partition coefficient (Wildman–Crippen LogP) is 4.02. The molecule has 0 aliphatic carbocycles. The van der Waals surface area contributed by atoms with Gasteiger partial charge in [-0.25, -0.2) is 4.98 Å². The van der Waals surface area contributed by atoms with E-state index >= 15 is 0 Å². The maximum absolute atomic E-state index is 13.4. The molecule has 22 heavy (non-hydrogen) atoms. The van der Waals surface area contributed by atoms with E-state index in [1.807, 2.05) is 12.1 Å². The number of alkyl halides is 1. The first-order chi connectivity index (χ1) is 10.5. The van der Waals surface area contributed by atoms with Crippen LogP contribution in [0.25, 0.3) is 11.2 Å². The molecule has 0 saturated heterocycles. The van der Waals surface area contributed by atoms with E-state index in [1.54, 1.807) is 4.57 Å². The van der Waals surface area contributed by atoms with E-state index in [1.165, 1.54) is 0 Å². The van der Waals surface area contributed by atoms with Crippen molar-refractivity contribution in [3.8, 4) is 0 Å². The van der Waals surface area contributed by atoms with Gasteiger partial charge in [-0.3, -0.25) is 4.57 Å². The number of halogens is 4. The summed E-state index contributed by atoms with van der Waals surface area (Å²) in [5.41, 5.74) is 8.60. The number of rotatable bonds is 3. The maximum atomic E-state index is 13.4. The fraction of sp³-hybridized carbons (Fsp3) is 0.154. The molecular formula is C13H9Br3FN5. The van der Waals surface area contributed by atoms with Crippen LogP contribution in [0.3, 0.4) is 0 Å². The lowest BCUT2D eigenvalue weighted by atomic mass is 10.1. The average Bonchev–Trinajstić information content (AvgIpc) is 2.78. The molecule has 9 heteroatoms. The Kier molecular flexibility index (Phi) is 4.47. The third-order valence-corrected chi connectivity index (χ3v) is 5.13. The number of nitrogen functional groups attached to an aromatic ring is 1. The highest BCUT2D eigenvalue weighted by molar-refractivity contribution is 9.11. The second-order valence-corrected chi connectivity index (χ2v) is 6.70. The van der Waals surface area contributed by atoms with Gasteiger partial charge in [0.2, 0.25) is 0 Å². The number of hydrogen-bond donors (Lipinski definition) is 1. The number of fused-ring (bicyclic) bond motifs is 1. The molecule has 0 radical (unpaired) electrons. The molecule has 0 atom stereocenters. The average molecular weight is 494 g/mol. The van der Waals surface area contributed by atoms with Crippen LogP contribution in [-0.4, -0.2) is 19.5 Å². The highest BCUT2D eigenvalue weighted by Gasteiger charge is 2.15. The predicted molar refractivity (Wildman–Crippen MR) is 93.3 cm³/mol. The normalized spacial score (nSPS) is 11.3. The molecular weight excluding hydrogens is 485 g/mol. The molecule has 2 heterocycles. The van der Waals surface area contributed by atoms with Crippen LogP contribution in [0.2, 0.25) is 0 Å². The van der Waals surface area contributed by atoms with E-state index in [4.69, 9.17) is 5.73 Å². The van der Waals surface area contributed by atoms with Crippen LogP contribution < -0.4 is 5.73 Å². The fourth-order valence-electron chi connectivity index (χ4n) is 2.12. The minimum atomic E-state index is -0.865. The molecule has 0 spiro atoms. The van der Waals surface area contributed by atoms with Crippen molar-refractivity contribution in [2.24, 2.45) is 0 Å². The summed E-state index contributed by atoms with van der Waals surface area (Å²) < 4.78 is 16.7. The van der Waals surface area contributed by atoms with Gasteiger partial charge >= 0.3 is 6.08 Å². The van der Waals surface area contributed by atoms with Crippen LogP contribution in [0, 0.1) is 6.08 Å². The number of imidazole rings is 1. The number of aromatic nitrogens is 4. The van der Waals surface area contributed by atoms with Gasteiger partial charge in [0, 0.05) is 9.80 Å². The van der Waals surface area contributed by atoms with Gasteiger partial charge in [-0.15, -0.1) is 0 Å². The van der Waals surface area contributed by atoms with Crippen molar-refractivity contribution in [1.29, 1.82) is 0 Å². The van der Waals surface area contributed by atoms with Crippen LogP contribution in [0.1, 0.15) is 11.1 Å². The maximum Gasteiger partial charge on any atom is 0.312 e. The van der Waals surface area contributed by atoms with Gasteiger partial charge in [0.1, 0.15) is 0 Å².